The van der Waals surface area contributed by atoms with Crippen molar-refractivity contribution in [3.05, 3.63) is 66.0 Å². The minimum absolute atomic E-state index is 0.0838. The molecule has 1 atom stereocenters. The van der Waals surface area contributed by atoms with E-state index in [2.05, 4.69) is 46.2 Å². The van der Waals surface area contributed by atoms with Gasteiger partial charge in [-0.15, -0.1) is 0 Å². The maximum absolute atomic E-state index is 12.9. The number of likely N-dealkylation sites (N-methyl/N-ethyl adjacent to an activating group) is 1. The molecule has 122 valence electrons. The lowest BCUT2D eigenvalue weighted by atomic mass is 10.0. The first kappa shape index (κ1) is 14.9. The molecule has 1 aromatic heterocycles. The molecule has 1 aliphatic heterocycles. The van der Waals surface area contributed by atoms with Crippen LogP contribution in [0.2, 0.25) is 0 Å². The first-order valence-electron chi connectivity index (χ1n) is 8.20. The fraction of sp³-hybridized carbons (Fsp3) is 0.263. The second-order valence-electron chi connectivity index (χ2n) is 6.29. The number of rotatable bonds is 2. The number of H-pyrrole nitrogens is 1. The molecule has 1 N–H and O–H groups in total. The average Bonchev–Trinajstić information content (AvgIpc) is 3.10. The Morgan fingerprint density at radius 3 is 2.83 bits per heavy atom. The molecule has 0 spiro atoms. The molecular formula is C19H20N4O. The van der Waals surface area contributed by atoms with Crippen molar-refractivity contribution in [3.8, 4) is 0 Å². The molecular weight excluding hydrogens is 300 g/mol. The largest absolute Gasteiger partial charge is 0.345 e. The summed E-state index contributed by atoms with van der Waals surface area (Å²) >= 11 is 0. The molecule has 1 fully saturated rings. The first-order chi connectivity index (χ1) is 11.7. The summed E-state index contributed by atoms with van der Waals surface area (Å²) in [6.45, 7) is 2.33. The predicted octanol–water partition coefficient (Wildman–Crippen LogP) is 2.69. The molecule has 2 heterocycles. The molecule has 0 radical (unpaired) electrons. The number of carbonyl (C=O) groups excluding carboxylic acids is 1. The van der Waals surface area contributed by atoms with Gasteiger partial charge in [-0.1, -0.05) is 30.3 Å². The van der Waals surface area contributed by atoms with Gasteiger partial charge in [0.05, 0.1) is 23.4 Å². The molecule has 2 aromatic carbocycles. The summed E-state index contributed by atoms with van der Waals surface area (Å²) in [6.07, 6.45) is 1.65. The van der Waals surface area contributed by atoms with Gasteiger partial charge < -0.3 is 9.88 Å². The van der Waals surface area contributed by atoms with Gasteiger partial charge >= 0.3 is 0 Å². The zero-order valence-corrected chi connectivity index (χ0v) is 13.6. The van der Waals surface area contributed by atoms with Crippen LogP contribution < -0.4 is 0 Å². The summed E-state index contributed by atoms with van der Waals surface area (Å²) in [7, 11) is 2.12. The number of nitrogens with zero attached hydrogens (tertiary/aromatic N) is 3. The van der Waals surface area contributed by atoms with E-state index >= 15 is 0 Å². The Kier molecular flexibility index (Phi) is 3.78. The van der Waals surface area contributed by atoms with Crippen LogP contribution >= 0.6 is 0 Å². The van der Waals surface area contributed by atoms with Crippen LogP contribution in [0.1, 0.15) is 22.0 Å². The first-order valence-corrected chi connectivity index (χ1v) is 8.20. The zero-order valence-electron chi connectivity index (χ0n) is 13.6. The number of imidazole rings is 1. The van der Waals surface area contributed by atoms with E-state index in [-0.39, 0.29) is 11.9 Å². The summed E-state index contributed by atoms with van der Waals surface area (Å²) in [6, 6.07) is 16.3. The average molecular weight is 320 g/mol. The second kappa shape index (κ2) is 6.09. The monoisotopic (exact) mass is 320 g/mol. The third kappa shape index (κ3) is 2.67. The van der Waals surface area contributed by atoms with Crippen molar-refractivity contribution in [1.82, 2.24) is 19.8 Å². The molecule has 1 amide bonds. The van der Waals surface area contributed by atoms with Gasteiger partial charge in [0, 0.05) is 25.2 Å². The fourth-order valence-corrected chi connectivity index (χ4v) is 3.34. The van der Waals surface area contributed by atoms with Gasteiger partial charge in [0.2, 0.25) is 0 Å². The van der Waals surface area contributed by atoms with Crippen LogP contribution in [0.3, 0.4) is 0 Å². The molecule has 5 nitrogen and oxygen atoms in total. The van der Waals surface area contributed by atoms with Gasteiger partial charge in [0.25, 0.3) is 5.91 Å². The van der Waals surface area contributed by atoms with Crippen molar-refractivity contribution < 1.29 is 4.79 Å². The highest BCUT2D eigenvalue weighted by Crippen LogP contribution is 2.25. The lowest BCUT2D eigenvalue weighted by molar-refractivity contribution is 0.0546. The lowest BCUT2D eigenvalue weighted by Crippen LogP contribution is -2.49. The standard InChI is InChI=1S/C19H20N4O/c1-22-9-10-23(12-18(22)14-5-3-2-4-6-14)19(24)15-7-8-16-17(11-15)21-13-20-16/h2-8,11,13,18H,9-10,12H2,1H3,(H,20,21). The van der Waals surface area contributed by atoms with Crippen LogP contribution in [0.25, 0.3) is 11.0 Å². The van der Waals surface area contributed by atoms with E-state index in [4.69, 9.17) is 0 Å². The summed E-state index contributed by atoms with van der Waals surface area (Å²) < 4.78 is 0. The SMILES string of the molecule is CN1CCN(C(=O)c2ccc3nc[nH]c3c2)CC1c1ccccc1. The van der Waals surface area contributed by atoms with Gasteiger partial charge in [-0.2, -0.15) is 0 Å². The molecule has 0 aliphatic carbocycles. The number of benzene rings is 2. The summed E-state index contributed by atoms with van der Waals surface area (Å²) in [4.78, 5) is 24.5. The highest BCUT2D eigenvalue weighted by Gasteiger charge is 2.28. The van der Waals surface area contributed by atoms with Crippen molar-refractivity contribution in [3.63, 3.8) is 0 Å². The fourth-order valence-electron chi connectivity index (χ4n) is 3.34. The zero-order chi connectivity index (χ0) is 16.5. The van der Waals surface area contributed by atoms with Crippen molar-refractivity contribution in [2.75, 3.05) is 26.7 Å². The van der Waals surface area contributed by atoms with Gasteiger partial charge in [-0.25, -0.2) is 4.98 Å². The van der Waals surface area contributed by atoms with Gasteiger partial charge in [-0.3, -0.25) is 9.69 Å². The predicted molar refractivity (Wildman–Crippen MR) is 93.8 cm³/mol. The van der Waals surface area contributed by atoms with Crippen molar-refractivity contribution in [2.45, 2.75) is 6.04 Å². The van der Waals surface area contributed by atoms with E-state index in [0.29, 0.717) is 12.1 Å². The van der Waals surface area contributed by atoms with E-state index in [1.54, 1.807) is 6.33 Å². The molecule has 1 aliphatic rings. The molecule has 5 heteroatoms. The molecule has 0 saturated carbocycles. The third-order valence-corrected chi connectivity index (χ3v) is 4.79. The quantitative estimate of drug-likeness (QED) is 0.790. The smallest absolute Gasteiger partial charge is 0.254 e. The number of hydrogen-bond acceptors (Lipinski definition) is 3. The van der Waals surface area contributed by atoms with Crippen LogP contribution in [-0.4, -0.2) is 52.4 Å². The summed E-state index contributed by atoms with van der Waals surface area (Å²) in [5.74, 6) is 0.0838. The Hall–Kier alpha value is -2.66. The maximum Gasteiger partial charge on any atom is 0.254 e. The van der Waals surface area contributed by atoms with Crippen molar-refractivity contribution in [2.24, 2.45) is 0 Å². The minimum atomic E-state index is 0.0838. The van der Waals surface area contributed by atoms with Crippen LogP contribution in [0.15, 0.2) is 54.9 Å². The molecule has 3 aromatic rings. The van der Waals surface area contributed by atoms with Crippen molar-refractivity contribution >= 4 is 16.9 Å². The number of fused-ring (bicyclic) bond motifs is 1. The molecule has 24 heavy (non-hydrogen) atoms. The van der Waals surface area contributed by atoms with Crippen molar-refractivity contribution in [1.29, 1.82) is 0 Å². The topological polar surface area (TPSA) is 52.2 Å². The van der Waals surface area contributed by atoms with Crippen LogP contribution in [0.5, 0.6) is 0 Å². The number of carbonyl (C=O) groups is 1. The number of aromatic amines is 1. The van der Waals surface area contributed by atoms with Gasteiger partial charge in [0.15, 0.2) is 0 Å². The number of nitrogens with one attached hydrogen (secondary N) is 1. The number of aromatic nitrogens is 2. The van der Waals surface area contributed by atoms with E-state index in [1.165, 1.54) is 5.56 Å². The van der Waals surface area contributed by atoms with E-state index in [0.717, 1.165) is 24.1 Å². The van der Waals surface area contributed by atoms with E-state index < -0.39 is 0 Å². The molecule has 4 rings (SSSR count). The second-order valence-corrected chi connectivity index (χ2v) is 6.29. The maximum atomic E-state index is 12.9. The Morgan fingerprint density at radius 1 is 1.17 bits per heavy atom. The lowest BCUT2D eigenvalue weighted by Gasteiger charge is -2.39. The van der Waals surface area contributed by atoms with Crippen LogP contribution in [-0.2, 0) is 0 Å². The van der Waals surface area contributed by atoms with E-state index in [9.17, 15) is 4.79 Å². The summed E-state index contributed by atoms with van der Waals surface area (Å²) in [5, 5.41) is 0. The number of hydrogen-bond donors (Lipinski definition) is 1. The highest BCUT2D eigenvalue weighted by molar-refractivity contribution is 5.97. The number of piperazine rings is 1. The minimum Gasteiger partial charge on any atom is -0.345 e. The Morgan fingerprint density at radius 2 is 2.00 bits per heavy atom. The molecule has 1 unspecified atom stereocenters. The Labute approximate surface area is 140 Å². The van der Waals surface area contributed by atoms with E-state index in [1.807, 2.05) is 29.2 Å². The van der Waals surface area contributed by atoms with Gasteiger partial charge in [-0.05, 0) is 30.8 Å². The summed E-state index contributed by atoms with van der Waals surface area (Å²) in [5.41, 5.74) is 3.74. The molecule has 0 bridgehead atoms. The molecule has 1 saturated heterocycles. The van der Waals surface area contributed by atoms with Crippen LogP contribution in [0.4, 0.5) is 0 Å². The number of amides is 1. The Balaban J connectivity index is 1.58. The van der Waals surface area contributed by atoms with Crippen LogP contribution in [0, 0.1) is 0 Å². The third-order valence-electron chi connectivity index (χ3n) is 4.79. The normalized spacial score (nSPS) is 18.9. The van der Waals surface area contributed by atoms with Gasteiger partial charge in [0.1, 0.15) is 0 Å². The Bertz CT molecular complexity index is 858. The highest BCUT2D eigenvalue weighted by atomic mass is 16.2.